The van der Waals surface area contributed by atoms with Gasteiger partial charge in [0.25, 0.3) is 0 Å². The van der Waals surface area contributed by atoms with E-state index >= 15 is 0 Å². The Bertz CT molecular complexity index is 217. The number of carboxylic acids is 1. The minimum atomic E-state index is -3.65. The number of rotatable bonds is 6. The fourth-order valence-corrected chi connectivity index (χ4v) is 1.48. The molecule has 0 aromatic rings. The van der Waals surface area contributed by atoms with Crippen LogP contribution in [0.5, 0.6) is 0 Å². The zero-order chi connectivity index (χ0) is 10.8. The van der Waals surface area contributed by atoms with Crippen LogP contribution in [0, 0.1) is 5.92 Å². The summed E-state index contributed by atoms with van der Waals surface area (Å²) in [6, 6.07) is 0.0419. The molecule has 1 atom stereocenters. The van der Waals surface area contributed by atoms with Crippen molar-refractivity contribution in [3.8, 4) is 0 Å². The summed E-state index contributed by atoms with van der Waals surface area (Å²) in [6.07, 6.45) is 2.88. The molecular weight excluding hydrogens is 192 g/mol. The molecule has 0 aromatic carbocycles. The first-order chi connectivity index (χ1) is 6.47. The molecule has 1 aliphatic rings. The fraction of sp³-hybridized carbons (Fsp3) is 0.889. The number of carboxylic acid groups (broad SMARTS) is 1. The van der Waals surface area contributed by atoms with Gasteiger partial charge in [0.05, 0.1) is 6.54 Å². The monoisotopic (exact) mass is 207 g/mol. The van der Waals surface area contributed by atoms with Crippen molar-refractivity contribution in [3.05, 3.63) is 0 Å². The van der Waals surface area contributed by atoms with Gasteiger partial charge in [-0.3, -0.25) is 0 Å². The van der Waals surface area contributed by atoms with E-state index in [1.165, 1.54) is 0 Å². The first kappa shape index (κ1) is 11.4. The van der Waals surface area contributed by atoms with Crippen molar-refractivity contribution >= 4 is 5.97 Å². The predicted octanol–water partition coefficient (Wildman–Crippen LogP) is 1.48. The molecule has 1 rings (SSSR count). The Morgan fingerprint density at radius 1 is 1.64 bits per heavy atom. The van der Waals surface area contributed by atoms with Crippen LogP contribution in [0.4, 0.5) is 8.78 Å². The summed E-state index contributed by atoms with van der Waals surface area (Å²) in [6.45, 7) is 1.15. The molecule has 1 saturated carbocycles. The van der Waals surface area contributed by atoms with E-state index in [1.54, 1.807) is 0 Å². The van der Waals surface area contributed by atoms with Crippen LogP contribution >= 0.6 is 0 Å². The van der Waals surface area contributed by atoms with Gasteiger partial charge in [-0.25, -0.2) is 4.79 Å². The van der Waals surface area contributed by atoms with Gasteiger partial charge in [0.1, 0.15) is 0 Å². The number of aliphatic carboxylic acids is 1. The lowest BCUT2D eigenvalue weighted by molar-refractivity contribution is -0.164. The van der Waals surface area contributed by atoms with Crippen molar-refractivity contribution in [2.45, 2.75) is 38.2 Å². The lowest BCUT2D eigenvalue weighted by Crippen LogP contribution is -2.44. The van der Waals surface area contributed by atoms with Gasteiger partial charge in [0.2, 0.25) is 0 Å². The van der Waals surface area contributed by atoms with Gasteiger partial charge in [0.15, 0.2) is 0 Å². The Labute approximate surface area is 81.5 Å². The molecule has 0 aromatic heterocycles. The Kier molecular flexibility index (Phi) is 3.42. The average Bonchev–Trinajstić information content (AvgIpc) is 2.89. The molecule has 0 saturated heterocycles. The molecule has 2 N–H and O–H groups in total. The highest BCUT2D eigenvalue weighted by Crippen LogP contribution is 2.34. The van der Waals surface area contributed by atoms with Crippen molar-refractivity contribution in [1.82, 2.24) is 5.32 Å². The number of carbonyl (C=O) groups is 1. The third-order valence-electron chi connectivity index (χ3n) is 2.53. The summed E-state index contributed by atoms with van der Waals surface area (Å²) in [4.78, 5) is 10.1. The van der Waals surface area contributed by atoms with E-state index in [4.69, 9.17) is 5.11 Å². The van der Waals surface area contributed by atoms with Crippen molar-refractivity contribution in [3.63, 3.8) is 0 Å². The Morgan fingerprint density at radius 2 is 2.21 bits per heavy atom. The largest absolute Gasteiger partial charge is 0.477 e. The quantitative estimate of drug-likeness (QED) is 0.693. The summed E-state index contributed by atoms with van der Waals surface area (Å²) in [7, 11) is 0. The van der Waals surface area contributed by atoms with Gasteiger partial charge in [0, 0.05) is 6.04 Å². The summed E-state index contributed by atoms with van der Waals surface area (Å²) < 4.78 is 25.3. The molecule has 0 heterocycles. The van der Waals surface area contributed by atoms with Gasteiger partial charge < -0.3 is 10.4 Å². The lowest BCUT2D eigenvalue weighted by atomic mass is 10.1. The van der Waals surface area contributed by atoms with Gasteiger partial charge in [-0.05, 0) is 25.2 Å². The molecule has 0 bridgehead atoms. The second-order valence-corrected chi connectivity index (χ2v) is 3.74. The maximum atomic E-state index is 12.7. The first-order valence-electron chi connectivity index (χ1n) is 4.82. The van der Waals surface area contributed by atoms with E-state index in [-0.39, 0.29) is 6.04 Å². The summed E-state index contributed by atoms with van der Waals surface area (Å²) >= 11 is 0. The smallest absolute Gasteiger partial charge is 0.375 e. The Balaban J connectivity index is 2.33. The van der Waals surface area contributed by atoms with Crippen LogP contribution in [0.25, 0.3) is 0 Å². The highest BCUT2D eigenvalue weighted by atomic mass is 19.3. The zero-order valence-corrected chi connectivity index (χ0v) is 8.09. The molecule has 5 heteroatoms. The molecule has 1 fully saturated rings. The normalized spacial score (nSPS) is 19.4. The molecule has 1 aliphatic carbocycles. The van der Waals surface area contributed by atoms with Crippen LogP contribution in [0.15, 0.2) is 0 Å². The van der Waals surface area contributed by atoms with Gasteiger partial charge in [-0.15, -0.1) is 0 Å². The lowest BCUT2D eigenvalue weighted by Gasteiger charge is -2.19. The van der Waals surface area contributed by atoms with E-state index in [2.05, 4.69) is 5.32 Å². The van der Waals surface area contributed by atoms with Crippen LogP contribution in [0.1, 0.15) is 26.2 Å². The minimum Gasteiger partial charge on any atom is -0.477 e. The van der Waals surface area contributed by atoms with E-state index < -0.39 is 18.4 Å². The van der Waals surface area contributed by atoms with Crippen LogP contribution in [-0.2, 0) is 4.79 Å². The summed E-state index contributed by atoms with van der Waals surface area (Å²) in [5, 5.41) is 10.8. The molecule has 3 nitrogen and oxygen atoms in total. The average molecular weight is 207 g/mol. The molecule has 14 heavy (non-hydrogen) atoms. The number of nitrogens with one attached hydrogen (secondary N) is 1. The maximum Gasteiger partial charge on any atom is 0.375 e. The maximum absolute atomic E-state index is 12.7. The second kappa shape index (κ2) is 4.21. The van der Waals surface area contributed by atoms with Crippen molar-refractivity contribution in [1.29, 1.82) is 0 Å². The number of alkyl halides is 2. The highest BCUT2D eigenvalue weighted by Gasteiger charge is 2.40. The molecular formula is C9H15F2NO2. The molecule has 82 valence electrons. The van der Waals surface area contributed by atoms with Crippen molar-refractivity contribution < 1.29 is 18.7 Å². The Morgan fingerprint density at radius 3 is 2.57 bits per heavy atom. The molecule has 0 amide bonds. The topological polar surface area (TPSA) is 49.3 Å². The SMILES string of the molecule is CCC(NCC(F)(F)C(=O)O)C1CC1. The van der Waals surface area contributed by atoms with Gasteiger partial charge in [-0.2, -0.15) is 8.78 Å². The number of halogens is 2. The number of hydrogen-bond acceptors (Lipinski definition) is 2. The van der Waals surface area contributed by atoms with Crippen molar-refractivity contribution in [2.75, 3.05) is 6.54 Å². The van der Waals surface area contributed by atoms with Crippen LogP contribution in [0.3, 0.4) is 0 Å². The standard InChI is InChI=1S/C9H15F2NO2/c1-2-7(6-3-4-6)12-5-9(10,11)8(13)14/h6-7,12H,2-5H2,1H3,(H,13,14). The van der Waals surface area contributed by atoms with Gasteiger partial charge >= 0.3 is 11.9 Å². The van der Waals surface area contributed by atoms with E-state index in [0.29, 0.717) is 5.92 Å². The molecule has 0 aliphatic heterocycles. The fourth-order valence-electron chi connectivity index (χ4n) is 1.48. The Hall–Kier alpha value is -0.710. The van der Waals surface area contributed by atoms with E-state index in [0.717, 1.165) is 19.3 Å². The molecule has 0 radical (unpaired) electrons. The van der Waals surface area contributed by atoms with E-state index in [1.807, 2.05) is 6.92 Å². The van der Waals surface area contributed by atoms with Crippen molar-refractivity contribution in [2.24, 2.45) is 5.92 Å². The van der Waals surface area contributed by atoms with E-state index in [9.17, 15) is 13.6 Å². The van der Waals surface area contributed by atoms with Gasteiger partial charge in [-0.1, -0.05) is 6.92 Å². The first-order valence-corrected chi connectivity index (χ1v) is 4.82. The summed E-state index contributed by atoms with van der Waals surface area (Å²) in [5.74, 6) is -5.25. The molecule has 0 spiro atoms. The number of hydrogen-bond donors (Lipinski definition) is 2. The third kappa shape index (κ3) is 2.90. The van der Waals surface area contributed by atoms with Crippen LogP contribution in [0.2, 0.25) is 0 Å². The highest BCUT2D eigenvalue weighted by molar-refractivity contribution is 5.75. The molecule has 1 unspecified atom stereocenters. The van der Waals surface area contributed by atoms with Crippen LogP contribution in [-0.4, -0.2) is 29.6 Å². The minimum absolute atomic E-state index is 0.0419. The van der Waals surface area contributed by atoms with Crippen LogP contribution < -0.4 is 5.32 Å². The predicted molar refractivity (Wildman–Crippen MR) is 47.4 cm³/mol. The third-order valence-corrected chi connectivity index (χ3v) is 2.53. The summed E-state index contributed by atoms with van der Waals surface area (Å²) in [5.41, 5.74) is 0. The zero-order valence-electron chi connectivity index (χ0n) is 8.09. The second-order valence-electron chi connectivity index (χ2n) is 3.74.